The van der Waals surface area contributed by atoms with Crippen molar-refractivity contribution in [3.05, 3.63) is 35.9 Å². The van der Waals surface area contributed by atoms with Crippen LogP contribution >= 0.6 is 0 Å². The topological polar surface area (TPSA) is 55.8 Å². The van der Waals surface area contributed by atoms with Gasteiger partial charge in [0.25, 0.3) is 0 Å². The van der Waals surface area contributed by atoms with Crippen LogP contribution in [0, 0.1) is 5.92 Å². The summed E-state index contributed by atoms with van der Waals surface area (Å²) in [6.07, 6.45) is 2.88. The summed E-state index contributed by atoms with van der Waals surface area (Å²) in [4.78, 5) is 25.9. The van der Waals surface area contributed by atoms with E-state index in [2.05, 4.69) is 13.8 Å². The molecule has 5 nitrogen and oxygen atoms in total. The Bertz CT molecular complexity index is 529. The first-order valence-electron chi connectivity index (χ1n) is 8.72. The number of likely N-dealkylation sites (tertiary alicyclic amines) is 1. The van der Waals surface area contributed by atoms with Crippen LogP contribution in [0.4, 0.5) is 4.79 Å². The van der Waals surface area contributed by atoms with Gasteiger partial charge in [0.05, 0.1) is 6.61 Å². The number of rotatable bonds is 7. The average molecular weight is 333 g/mol. The Balaban J connectivity index is 1.78. The number of carbonyl (C=O) groups is 2. The Kier molecular flexibility index (Phi) is 7.09. The predicted octanol–water partition coefficient (Wildman–Crippen LogP) is 3.77. The molecule has 1 amide bonds. The summed E-state index contributed by atoms with van der Waals surface area (Å²) in [5.74, 6) is 0.285. The fourth-order valence-corrected chi connectivity index (χ4v) is 2.79. The zero-order valence-corrected chi connectivity index (χ0v) is 14.6. The van der Waals surface area contributed by atoms with E-state index in [0.29, 0.717) is 25.5 Å². The minimum absolute atomic E-state index is 0.215. The third-order valence-corrected chi connectivity index (χ3v) is 4.13. The van der Waals surface area contributed by atoms with E-state index in [1.165, 1.54) is 4.90 Å². The van der Waals surface area contributed by atoms with E-state index in [-0.39, 0.29) is 12.6 Å². The van der Waals surface area contributed by atoms with Gasteiger partial charge in [0.2, 0.25) is 0 Å². The number of esters is 1. The minimum atomic E-state index is -0.507. The zero-order valence-electron chi connectivity index (χ0n) is 14.6. The molecule has 0 saturated carbocycles. The third kappa shape index (κ3) is 5.55. The monoisotopic (exact) mass is 333 g/mol. The van der Waals surface area contributed by atoms with Gasteiger partial charge in [-0.05, 0) is 37.2 Å². The van der Waals surface area contributed by atoms with E-state index >= 15 is 0 Å². The average Bonchev–Trinajstić information content (AvgIpc) is 3.07. The van der Waals surface area contributed by atoms with Crippen molar-refractivity contribution in [3.8, 4) is 0 Å². The highest BCUT2D eigenvalue weighted by Crippen LogP contribution is 2.20. The third-order valence-electron chi connectivity index (χ3n) is 4.13. The molecule has 1 unspecified atom stereocenters. The van der Waals surface area contributed by atoms with Gasteiger partial charge in [0.15, 0.2) is 0 Å². The first-order valence-corrected chi connectivity index (χ1v) is 8.72. The lowest BCUT2D eigenvalue weighted by Crippen LogP contribution is -2.41. The molecule has 0 spiro atoms. The predicted molar refractivity (Wildman–Crippen MR) is 91.4 cm³/mol. The summed E-state index contributed by atoms with van der Waals surface area (Å²) in [6, 6.07) is 9.01. The molecule has 1 aromatic rings. The number of carbonyl (C=O) groups excluding carboxylic acids is 2. The summed E-state index contributed by atoms with van der Waals surface area (Å²) in [6.45, 7) is 5.46. The highest BCUT2D eigenvalue weighted by atomic mass is 16.6. The molecule has 1 heterocycles. The molecule has 1 fully saturated rings. The number of amides is 1. The van der Waals surface area contributed by atoms with Crippen LogP contribution in [-0.4, -0.2) is 36.2 Å². The second-order valence-corrected chi connectivity index (χ2v) is 6.60. The smallest absolute Gasteiger partial charge is 0.410 e. The van der Waals surface area contributed by atoms with Crippen LogP contribution in [0.3, 0.4) is 0 Å². The number of nitrogens with zero attached hydrogens (tertiary/aromatic N) is 1. The van der Waals surface area contributed by atoms with Crippen LogP contribution in [0.15, 0.2) is 30.3 Å². The van der Waals surface area contributed by atoms with Gasteiger partial charge in [-0.25, -0.2) is 9.59 Å². The van der Waals surface area contributed by atoms with Crippen molar-refractivity contribution >= 4 is 12.1 Å². The fourth-order valence-electron chi connectivity index (χ4n) is 2.79. The van der Waals surface area contributed by atoms with Gasteiger partial charge in [-0.1, -0.05) is 44.2 Å². The van der Waals surface area contributed by atoms with E-state index in [9.17, 15) is 9.59 Å². The van der Waals surface area contributed by atoms with E-state index in [1.54, 1.807) is 0 Å². The van der Waals surface area contributed by atoms with Gasteiger partial charge >= 0.3 is 12.1 Å². The first-order chi connectivity index (χ1) is 11.6. The summed E-state index contributed by atoms with van der Waals surface area (Å²) in [5.41, 5.74) is 0.929. The van der Waals surface area contributed by atoms with E-state index in [1.807, 2.05) is 30.3 Å². The molecular weight excluding hydrogens is 306 g/mol. The molecule has 0 bridgehead atoms. The number of hydrogen-bond acceptors (Lipinski definition) is 4. The van der Waals surface area contributed by atoms with Gasteiger partial charge in [-0.15, -0.1) is 0 Å². The molecule has 2 rings (SSSR count). The first kappa shape index (κ1) is 18.3. The summed E-state index contributed by atoms with van der Waals surface area (Å²) >= 11 is 0. The minimum Gasteiger partial charge on any atom is -0.464 e. The highest BCUT2D eigenvalue weighted by molar-refractivity contribution is 5.82. The fraction of sp³-hybridized carbons (Fsp3) is 0.579. The van der Waals surface area contributed by atoms with Gasteiger partial charge in [0.1, 0.15) is 12.6 Å². The SMILES string of the molecule is CC(C)CCCOC(=O)C1CCCN1C(=O)OCc1ccccc1. The van der Waals surface area contributed by atoms with Crippen LogP contribution < -0.4 is 0 Å². The molecule has 1 atom stereocenters. The zero-order chi connectivity index (χ0) is 17.4. The van der Waals surface area contributed by atoms with Crippen molar-refractivity contribution in [1.82, 2.24) is 4.90 Å². The quantitative estimate of drug-likeness (QED) is 0.563. The summed E-state index contributed by atoms with van der Waals surface area (Å²) in [5, 5.41) is 0. The van der Waals surface area contributed by atoms with Gasteiger partial charge in [-0.2, -0.15) is 0 Å². The van der Waals surface area contributed by atoms with Crippen LogP contribution in [0.2, 0.25) is 0 Å². The Labute approximate surface area is 143 Å². The molecular formula is C19H27NO4. The molecule has 5 heteroatoms. The van der Waals surface area contributed by atoms with E-state index < -0.39 is 12.1 Å². The molecule has 1 saturated heterocycles. The van der Waals surface area contributed by atoms with Crippen LogP contribution in [0.25, 0.3) is 0 Å². The number of ether oxygens (including phenoxy) is 2. The van der Waals surface area contributed by atoms with E-state index in [4.69, 9.17) is 9.47 Å². The Hall–Kier alpha value is -2.04. The maximum atomic E-state index is 12.2. The molecule has 132 valence electrons. The maximum Gasteiger partial charge on any atom is 0.410 e. The summed E-state index contributed by atoms with van der Waals surface area (Å²) < 4.78 is 10.7. The van der Waals surface area contributed by atoms with Crippen molar-refractivity contribution in [3.63, 3.8) is 0 Å². The van der Waals surface area contributed by atoms with Crippen LogP contribution in [0.1, 0.15) is 45.1 Å². The number of hydrogen-bond donors (Lipinski definition) is 0. The molecule has 0 N–H and O–H groups in total. The van der Waals surface area contributed by atoms with Crippen molar-refractivity contribution in [2.24, 2.45) is 5.92 Å². The standard InChI is InChI=1S/C19H27NO4/c1-15(2)8-7-13-23-18(21)17-11-6-12-20(17)19(22)24-14-16-9-4-3-5-10-16/h3-5,9-10,15,17H,6-8,11-14H2,1-2H3. The van der Waals surface area contributed by atoms with Crippen molar-refractivity contribution in [1.29, 1.82) is 0 Å². The van der Waals surface area contributed by atoms with Crippen molar-refractivity contribution < 1.29 is 19.1 Å². The second-order valence-electron chi connectivity index (χ2n) is 6.60. The molecule has 0 radical (unpaired) electrons. The van der Waals surface area contributed by atoms with Crippen molar-refractivity contribution in [2.45, 2.75) is 52.2 Å². The molecule has 1 aliphatic heterocycles. The Morgan fingerprint density at radius 2 is 1.96 bits per heavy atom. The molecule has 0 aliphatic carbocycles. The lowest BCUT2D eigenvalue weighted by atomic mass is 10.1. The second kappa shape index (κ2) is 9.30. The highest BCUT2D eigenvalue weighted by Gasteiger charge is 2.36. The normalized spacial score (nSPS) is 17.1. The van der Waals surface area contributed by atoms with E-state index in [0.717, 1.165) is 24.8 Å². The molecule has 24 heavy (non-hydrogen) atoms. The number of benzene rings is 1. The maximum absolute atomic E-state index is 12.2. The van der Waals surface area contributed by atoms with Gasteiger partial charge in [0, 0.05) is 6.54 Å². The largest absolute Gasteiger partial charge is 0.464 e. The lowest BCUT2D eigenvalue weighted by molar-refractivity contribution is -0.148. The van der Waals surface area contributed by atoms with Gasteiger partial charge in [-0.3, -0.25) is 4.90 Å². The van der Waals surface area contributed by atoms with Crippen LogP contribution in [-0.2, 0) is 20.9 Å². The molecule has 0 aromatic heterocycles. The Morgan fingerprint density at radius 3 is 2.67 bits per heavy atom. The van der Waals surface area contributed by atoms with Gasteiger partial charge < -0.3 is 9.47 Å². The van der Waals surface area contributed by atoms with Crippen LogP contribution in [0.5, 0.6) is 0 Å². The summed E-state index contributed by atoms with van der Waals surface area (Å²) in [7, 11) is 0. The lowest BCUT2D eigenvalue weighted by Gasteiger charge is -2.22. The van der Waals surface area contributed by atoms with Crippen molar-refractivity contribution in [2.75, 3.05) is 13.2 Å². The Morgan fingerprint density at radius 1 is 1.21 bits per heavy atom. The molecule has 1 aliphatic rings. The molecule has 1 aromatic carbocycles.